The Morgan fingerprint density at radius 3 is 2.69 bits per heavy atom. The van der Waals surface area contributed by atoms with Crippen molar-refractivity contribution in [2.45, 2.75) is 31.9 Å². The number of aromatic nitrogens is 6. The Hall–Kier alpha value is -2.97. The van der Waals surface area contributed by atoms with E-state index >= 15 is 0 Å². The van der Waals surface area contributed by atoms with Crippen LogP contribution in [0.5, 0.6) is 0 Å². The maximum absolute atomic E-state index is 9.97. The van der Waals surface area contributed by atoms with E-state index in [4.69, 9.17) is 33.7 Å². The zero-order valence-corrected chi connectivity index (χ0v) is 20.7. The van der Waals surface area contributed by atoms with Gasteiger partial charge in [-0.05, 0) is 31.9 Å². The molecule has 2 saturated heterocycles. The van der Waals surface area contributed by atoms with Gasteiger partial charge in [0.1, 0.15) is 11.2 Å². The molecule has 2 aliphatic rings. The van der Waals surface area contributed by atoms with E-state index in [1.807, 2.05) is 19.1 Å². The highest BCUT2D eigenvalue weighted by atomic mass is 35.5. The number of nitriles is 1. The molecule has 12 heteroatoms. The van der Waals surface area contributed by atoms with Gasteiger partial charge in [0.15, 0.2) is 11.3 Å². The molecule has 1 spiro atoms. The maximum atomic E-state index is 9.97. The predicted molar refractivity (Wildman–Crippen MR) is 133 cm³/mol. The number of nitrogens with zero attached hydrogens (tertiary/aromatic N) is 7. The van der Waals surface area contributed by atoms with Gasteiger partial charge in [-0.1, -0.05) is 23.2 Å². The first-order valence-electron chi connectivity index (χ1n) is 11.4. The molecule has 10 nitrogen and oxygen atoms in total. The molecule has 0 saturated carbocycles. The van der Waals surface area contributed by atoms with E-state index in [0.717, 1.165) is 25.9 Å². The molecule has 1 aromatic carbocycles. The predicted octanol–water partition coefficient (Wildman–Crippen LogP) is 3.42. The lowest BCUT2D eigenvalue weighted by Crippen LogP contribution is -2.51. The van der Waals surface area contributed by atoms with Gasteiger partial charge in [-0.3, -0.25) is 9.78 Å². The average molecular weight is 512 g/mol. The minimum absolute atomic E-state index is 0.0133. The molecule has 4 aromatic rings. The Morgan fingerprint density at radius 1 is 1.23 bits per heavy atom. The summed E-state index contributed by atoms with van der Waals surface area (Å²) in [6.45, 7) is 4.18. The molecule has 0 aliphatic carbocycles. The summed E-state index contributed by atoms with van der Waals surface area (Å²) in [4.78, 5) is 11.4. The van der Waals surface area contributed by atoms with Crippen LogP contribution in [0.4, 0.5) is 5.95 Å². The molecule has 5 heterocycles. The van der Waals surface area contributed by atoms with Crippen LogP contribution >= 0.6 is 23.2 Å². The van der Waals surface area contributed by atoms with Gasteiger partial charge in [-0.2, -0.15) is 20.4 Å². The molecule has 2 aliphatic heterocycles. The summed E-state index contributed by atoms with van der Waals surface area (Å²) >= 11 is 13.2. The van der Waals surface area contributed by atoms with Crippen molar-refractivity contribution in [2.24, 2.45) is 18.2 Å². The Balaban J connectivity index is 1.38. The zero-order chi connectivity index (χ0) is 24.5. The molecule has 3 aromatic heterocycles. The standard InChI is InChI=1S/C23H23Cl2N9O/c1-11-19(27)23(10-35-11)5-7-34(8-6-23)22-28-14(9-26)16-18(30-31-21(16)29-22)12-3-4-13-15(17(12)24)20(25)33(2)32-13/h3-4,11,19H,5-8,10,27H2,1-2H3,(H,28,29,30,31)/t11-,19+/m0/s1. The number of ether oxygens (including phenoxy) is 1. The van der Waals surface area contributed by atoms with E-state index in [9.17, 15) is 5.26 Å². The molecule has 3 N–H and O–H groups in total. The van der Waals surface area contributed by atoms with Crippen molar-refractivity contribution in [1.82, 2.24) is 29.9 Å². The van der Waals surface area contributed by atoms with Gasteiger partial charge < -0.3 is 15.4 Å². The highest BCUT2D eigenvalue weighted by molar-refractivity contribution is 6.43. The Kier molecular flexibility index (Phi) is 5.16. The second kappa shape index (κ2) is 8.03. The number of piperidine rings is 1. The van der Waals surface area contributed by atoms with Crippen molar-refractivity contribution in [1.29, 1.82) is 5.26 Å². The van der Waals surface area contributed by atoms with Gasteiger partial charge in [-0.25, -0.2) is 4.98 Å². The van der Waals surface area contributed by atoms with Crippen LogP contribution in [0, 0.1) is 16.7 Å². The average Bonchev–Trinajstić information content (AvgIpc) is 3.50. The number of fused-ring (bicyclic) bond motifs is 2. The van der Waals surface area contributed by atoms with E-state index < -0.39 is 0 Å². The fourth-order valence-corrected chi connectivity index (χ4v) is 5.98. The second-order valence-corrected chi connectivity index (χ2v) is 10.1. The number of benzene rings is 1. The number of nitrogens with one attached hydrogen (secondary N) is 1. The summed E-state index contributed by atoms with van der Waals surface area (Å²) in [5, 5.41) is 23.7. The summed E-state index contributed by atoms with van der Waals surface area (Å²) in [5.74, 6) is 0.485. The Bertz CT molecular complexity index is 1510. The fraction of sp³-hybridized carbons (Fsp3) is 0.435. The molecular formula is C23H23Cl2N9O. The molecule has 6 rings (SSSR count). The van der Waals surface area contributed by atoms with E-state index in [1.165, 1.54) is 0 Å². The number of aryl methyl sites for hydroxylation is 1. The van der Waals surface area contributed by atoms with E-state index in [1.54, 1.807) is 11.7 Å². The summed E-state index contributed by atoms with van der Waals surface area (Å²) in [5.41, 5.74) is 8.97. The van der Waals surface area contributed by atoms with Gasteiger partial charge in [-0.15, -0.1) is 0 Å². The first-order chi connectivity index (χ1) is 16.8. The van der Waals surface area contributed by atoms with Crippen molar-refractivity contribution in [3.8, 4) is 17.3 Å². The first kappa shape index (κ1) is 22.5. The fourth-order valence-electron chi connectivity index (χ4n) is 5.36. The number of aromatic amines is 1. The summed E-state index contributed by atoms with van der Waals surface area (Å²) in [7, 11) is 1.75. The molecular weight excluding hydrogens is 489 g/mol. The number of hydrogen-bond donors (Lipinski definition) is 2. The van der Waals surface area contributed by atoms with Crippen LogP contribution in [0.2, 0.25) is 10.2 Å². The van der Waals surface area contributed by atoms with E-state index in [0.29, 0.717) is 55.9 Å². The van der Waals surface area contributed by atoms with Gasteiger partial charge in [0.2, 0.25) is 5.95 Å². The molecule has 35 heavy (non-hydrogen) atoms. The molecule has 180 valence electrons. The minimum Gasteiger partial charge on any atom is -0.376 e. The van der Waals surface area contributed by atoms with Crippen LogP contribution in [0.15, 0.2) is 12.1 Å². The first-order valence-corrected chi connectivity index (χ1v) is 12.2. The third-order valence-corrected chi connectivity index (χ3v) is 8.36. The quantitative estimate of drug-likeness (QED) is 0.417. The van der Waals surface area contributed by atoms with Crippen molar-refractivity contribution in [2.75, 3.05) is 24.6 Å². The van der Waals surface area contributed by atoms with Crippen molar-refractivity contribution < 1.29 is 4.74 Å². The zero-order valence-electron chi connectivity index (χ0n) is 19.2. The van der Waals surface area contributed by atoms with Gasteiger partial charge in [0, 0.05) is 37.2 Å². The van der Waals surface area contributed by atoms with E-state index in [2.05, 4.69) is 36.2 Å². The number of rotatable bonds is 2. The third-order valence-electron chi connectivity index (χ3n) is 7.53. The van der Waals surface area contributed by atoms with Crippen LogP contribution in [-0.4, -0.2) is 61.8 Å². The van der Waals surface area contributed by atoms with Crippen LogP contribution in [0.25, 0.3) is 33.2 Å². The highest BCUT2D eigenvalue weighted by Crippen LogP contribution is 2.42. The number of H-pyrrole nitrogens is 1. The van der Waals surface area contributed by atoms with E-state index in [-0.39, 0.29) is 23.3 Å². The highest BCUT2D eigenvalue weighted by Gasteiger charge is 2.47. The number of anilines is 1. The van der Waals surface area contributed by atoms with Crippen LogP contribution in [0.1, 0.15) is 25.5 Å². The molecule has 2 fully saturated rings. The van der Waals surface area contributed by atoms with Crippen LogP contribution < -0.4 is 10.6 Å². The monoisotopic (exact) mass is 511 g/mol. The summed E-state index contributed by atoms with van der Waals surface area (Å²) < 4.78 is 7.39. The Morgan fingerprint density at radius 2 is 2.00 bits per heavy atom. The number of halogens is 2. The van der Waals surface area contributed by atoms with Crippen molar-refractivity contribution in [3.63, 3.8) is 0 Å². The number of hydrogen-bond acceptors (Lipinski definition) is 8. The lowest BCUT2D eigenvalue weighted by atomic mass is 9.73. The minimum atomic E-state index is -0.0133. The SMILES string of the molecule is C[C@@H]1OCC2(CCN(c3nc(C#N)c4c(-c5ccc6nn(C)c(Cl)c6c5Cl)[nH]nc4n3)CC2)[C@@H]1N. The molecule has 0 radical (unpaired) electrons. The third kappa shape index (κ3) is 3.30. The largest absolute Gasteiger partial charge is 0.376 e. The maximum Gasteiger partial charge on any atom is 0.228 e. The summed E-state index contributed by atoms with van der Waals surface area (Å²) in [6, 6.07) is 5.90. The molecule has 0 bridgehead atoms. The lowest BCUT2D eigenvalue weighted by molar-refractivity contribution is 0.0973. The summed E-state index contributed by atoms with van der Waals surface area (Å²) in [6.07, 6.45) is 1.83. The molecule has 0 unspecified atom stereocenters. The lowest BCUT2D eigenvalue weighted by Gasteiger charge is -2.41. The van der Waals surface area contributed by atoms with Crippen LogP contribution in [0.3, 0.4) is 0 Å². The molecule has 2 atom stereocenters. The second-order valence-electron chi connectivity index (χ2n) is 9.41. The van der Waals surface area contributed by atoms with Crippen LogP contribution in [-0.2, 0) is 11.8 Å². The van der Waals surface area contributed by atoms with Gasteiger partial charge in [0.25, 0.3) is 0 Å². The normalized spacial score (nSPS) is 21.9. The Labute approximate surface area is 211 Å². The molecule has 0 amide bonds. The van der Waals surface area contributed by atoms with Crippen molar-refractivity contribution in [3.05, 3.63) is 28.0 Å². The van der Waals surface area contributed by atoms with Gasteiger partial charge >= 0.3 is 0 Å². The van der Waals surface area contributed by atoms with Gasteiger partial charge in [0.05, 0.1) is 39.7 Å². The smallest absolute Gasteiger partial charge is 0.228 e. The topological polar surface area (TPSA) is 135 Å². The number of nitrogens with two attached hydrogens (primary N) is 1. The van der Waals surface area contributed by atoms with Crippen molar-refractivity contribution >= 4 is 51.1 Å².